The van der Waals surface area contributed by atoms with E-state index < -0.39 is 0 Å². The van der Waals surface area contributed by atoms with Gasteiger partial charge in [0, 0.05) is 39.5 Å². The van der Waals surface area contributed by atoms with E-state index in [1.807, 2.05) is 60.8 Å². The van der Waals surface area contributed by atoms with Crippen LogP contribution in [0.3, 0.4) is 0 Å². The van der Waals surface area contributed by atoms with Gasteiger partial charge in [0.25, 0.3) is 5.91 Å². The molecule has 0 aliphatic carbocycles. The number of nitrogens with one attached hydrogen (secondary N) is 1. The summed E-state index contributed by atoms with van der Waals surface area (Å²) in [5.74, 6) is -0.224. The van der Waals surface area contributed by atoms with E-state index in [2.05, 4.69) is 9.88 Å². The largest absolute Gasteiger partial charge is 0.489 e. The Balaban J connectivity index is 1.46. The number of carbonyl (C=O) groups excluding carboxylic acids is 1. The molecule has 5 rings (SSSR count). The van der Waals surface area contributed by atoms with Gasteiger partial charge in [-0.3, -0.25) is 4.79 Å². The highest BCUT2D eigenvalue weighted by Gasteiger charge is 2.23. The van der Waals surface area contributed by atoms with Gasteiger partial charge in [-0.15, -0.1) is 0 Å². The molecule has 0 fully saturated rings. The first kappa shape index (κ1) is 18.2. The Kier molecular flexibility index (Phi) is 4.56. The van der Waals surface area contributed by atoms with Crippen molar-refractivity contribution in [2.45, 2.75) is 6.54 Å². The second kappa shape index (κ2) is 7.52. The number of nitrogens with zero attached hydrogens (tertiary/aromatic N) is 1. The predicted octanol–water partition coefficient (Wildman–Crippen LogP) is 5.35. The SMILES string of the molecule is O=C1Nc2ccccc2/C1=C\c1cn(CCOc2ccccc2F)c2ccccc12. The molecule has 148 valence electrons. The van der Waals surface area contributed by atoms with Crippen molar-refractivity contribution >= 4 is 34.1 Å². The molecule has 1 aliphatic heterocycles. The monoisotopic (exact) mass is 398 g/mol. The Labute approximate surface area is 173 Å². The summed E-state index contributed by atoms with van der Waals surface area (Å²) < 4.78 is 21.5. The second-order valence-electron chi connectivity index (χ2n) is 7.13. The van der Waals surface area contributed by atoms with Gasteiger partial charge in [0.1, 0.15) is 6.61 Å². The van der Waals surface area contributed by atoms with Crippen molar-refractivity contribution in [2.75, 3.05) is 11.9 Å². The molecule has 2 heterocycles. The third kappa shape index (κ3) is 3.24. The molecule has 1 N–H and O–H groups in total. The molecular formula is C25H19FN2O2. The van der Waals surface area contributed by atoms with E-state index in [4.69, 9.17) is 4.74 Å². The van der Waals surface area contributed by atoms with Gasteiger partial charge >= 0.3 is 0 Å². The molecule has 1 aromatic heterocycles. The average Bonchev–Trinajstić information content (AvgIpc) is 3.27. The standard InChI is InChI=1S/C25H19FN2O2/c26-21-9-3-6-12-24(21)30-14-13-28-16-17(18-7-2-5-11-23(18)28)15-20-19-8-1-4-10-22(19)27-25(20)29/h1-12,15-16H,13-14H2,(H,27,29)/b20-15+. The molecule has 1 amide bonds. The van der Waals surface area contributed by atoms with E-state index in [0.717, 1.165) is 27.7 Å². The predicted molar refractivity (Wildman–Crippen MR) is 117 cm³/mol. The lowest BCUT2D eigenvalue weighted by Crippen LogP contribution is -2.08. The van der Waals surface area contributed by atoms with Gasteiger partial charge in [0.05, 0.1) is 6.54 Å². The topological polar surface area (TPSA) is 43.3 Å². The molecule has 4 aromatic rings. The maximum absolute atomic E-state index is 13.8. The van der Waals surface area contributed by atoms with Crippen LogP contribution in [0.5, 0.6) is 5.75 Å². The van der Waals surface area contributed by atoms with Crippen LogP contribution < -0.4 is 10.1 Å². The molecule has 3 aromatic carbocycles. The van der Waals surface area contributed by atoms with Crippen LogP contribution >= 0.6 is 0 Å². The van der Waals surface area contributed by atoms with Crippen molar-refractivity contribution in [1.29, 1.82) is 0 Å². The third-order valence-electron chi connectivity index (χ3n) is 5.26. The Hall–Kier alpha value is -3.86. The number of anilines is 1. The summed E-state index contributed by atoms with van der Waals surface area (Å²) in [6, 6.07) is 22.1. The first-order valence-electron chi connectivity index (χ1n) is 9.78. The highest BCUT2D eigenvalue weighted by Crippen LogP contribution is 2.34. The quantitative estimate of drug-likeness (QED) is 0.461. The molecule has 0 radical (unpaired) electrons. The smallest absolute Gasteiger partial charge is 0.256 e. The molecule has 0 saturated carbocycles. The number of halogens is 1. The zero-order chi connectivity index (χ0) is 20.5. The van der Waals surface area contributed by atoms with Crippen LogP contribution in [0.4, 0.5) is 10.1 Å². The van der Waals surface area contributed by atoms with Gasteiger partial charge in [0.2, 0.25) is 0 Å². The summed E-state index contributed by atoms with van der Waals surface area (Å²) in [5, 5.41) is 3.96. The summed E-state index contributed by atoms with van der Waals surface area (Å²) >= 11 is 0. The van der Waals surface area contributed by atoms with Crippen molar-refractivity contribution in [1.82, 2.24) is 4.57 Å². The molecule has 0 bridgehead atoms. The van der Waals surface area contributed by atoms with Gasteiger partial charge in [-0.25, -0.2) is 4.39 Å². The number of hydrogen-bond donors (Lipinski definition) is 1. The number of carbonyl (C=O) groups is 1. The maximum Gasteiger partial charge on any atom is 0.256 e. The fourth-order valence-corrected chi connectivity index (χ4v) is 3.83. The highest BCUT2D eigenvalue weighted by atomic mass is 19.1. The second-order valence-corrected chi connectivity index (χ2v) is 7.13. The molecule has 30 heavy (non-hydrogen) atoms. The van der Waals surface area contributed by atoms with Crippen LogP contribution in [0.15, 0.2) is 79.0 Å². The Bertz CT molecular complexity index is 1290. The minimum atomic E-state index is -0.369. The average molecular weight is 398 g/mol. The lowest BCUT2D eigenvalue weighted by Gasteiger charge is -2.08. The summed E-state index contributed by atoms with van der Waals surface area (Å²) in [5.41, 5.74) is 4.38. The normalized spacial score (nSPS) is 14.2. The van der Waals surface area contributed by atoms with Crippen molar-refractivity contribution < 1.29 is 13.9 Å². The molecule has 0 saturated heterocycles. The van der Waals surface area contributed by atoms with Crippen LogP contribution in [0.2, 0.25) is 0 Å². The van der Waals surface area contributed by atoms with E-state index in [1.165, 1.54) is 6.07 Å². The first-order chi connectivity index (χ1) is 14.7. The number of para-hydroxylation sites is 3. The molecule has 1 aliphatic rings. The molecule has 0 atom stereocenters. The van der Waals surface area contributed by atoms with Gasteiger partial charge in [-0.1, -0.05) is 48.5 Å². The van der Waals surface area contributed by atoms with E-state index >= 15 is 0 Å². The van der Waals surface area contributed by atoms with E-state index in [9.17, 15) is 9.18 Å². The van der Waals surface area contributed by atoms with Crippen LogP contribution in [-0.2, 0) is 11.3 Å². The van der Waals surface area contributed by atoms with Crippen molar-refractivity contribution in [2.24, 2.45) is 0 Å². The van der Waals surface area contributed by atoms with E-state index in [0.29, 0.717) is 18.7 Å². The van der Waals surface area contributed by atoms with Crippen molar-refractivity contribution in [3.05, 3.63) is 95.9 Å². The first-order valence-corrected chi connectivity index (χ1v) is 9.78. The number of hydrogen-bond acceptors (Lipinski definition) is 2. The molecular weight excluding hydrogens is 379 g/mol. The number of benzene rings is 3. The van der Waals surface area contributed by atoms with E-state index in [-0.39, 0.29) is 17.5 Å². The lowest BCUT2D eigenvalue weighted by molar-refractivity contribution is -0.110. The summed E-state index contributed by atoms with van der Waals surface area (Å²) in [4.78, 5) is 12.5. The number of ether oxygens (including phenoxy) is 1. The van der Waals surface area contributed by atoms with Crippen LogP contribution in [0.25, 0.3) is 22.6 Å². The minimum absolute atomic E-state index is 0.101. The van der Waals surface area contributed by atoms with Gasteiger partial charge in [0.15, 0.2) is 11.6 Å². The van der Waals surface area contributed by atoms with Crippen LogP contribution in [0.1, 0.15) is 11.1 Å². The minimum Gasteiger partial charge on any atom is -0.489 e. The van der Waals surface area contributed by atoms with Crippen LogP contribution in [-0.4, -0.2) is 17.1 Å². The van der Waals surface area contributed by atoms with Gasteiger partial charge < -0.3 is 14.6 Å². The Morgan fingerprint density at radius 3 is 2.63 bits per heavy atom. The lowest BCUT2D eigenvalue weighted by atomic mass is 10.0. The molecule has 5 heteroatoms. The van der Waals surface area contributed by atoms with Crippen molar-refractivity contribution in [3.8, 4) is 5.75 Å². The number of amides is 1. The van der Waals surface area contributed by atoms with Gasteiger partial charge in [-0.05, 0) is 30.3 Å². The summed E-state index contributed by atoms with van der Waals surface area (Å²) in [7, 11) is 0. The van der Waals surface area contributed by atoms with E-state index in [1.54, 1.807) is 18.2 Å². The fourth-order valence-electron chi connectivity index (χ4n) is 3.83. The van der Waals surface area contributed by atoms with Crippen LogP contribution in [0, 0.1) is 5.82 Å². The Morgan fingerprint density at radius 2 is 1.73 bits per heavy atom. The molecule has 0 spiro atoms. The fraction of sp³-hybridized carbons (Fsp3) is 0.0800. The number of rotatable bonds is 5. The maximum atomic E-state index is 13.8. The zero-order valence-electron chi connectivity index (χ0n) is 16.1. The number of fused-ring (bicyclic) bond motifs is 2. The molecule has 0 unspecified atom stereocenters. The van der Waals surface area contributed by atoms with Gasteiger partial charge in [-0.2, -0.15) is 0 Å². The summed E-state index contributed by atoms with van der Waals surface area (Å²) in [6.45, 7) is 0.889. The number of aromatic nitrogens is 1. The molecule has 4 nitrogen and oxygen atoms in total. The Morgan fingerprint density at radius 1 is 0.967 bits per heavy atom. The van der Waals surface area contributed by atoms with Crippen molar-refractivity contribution in [3.63, 3.8) is 0 Å². The third-order valence-corrected chi connectivity index (χ3v) is 5.26. The summed E-state index contributed by atoms with van der Waals surface area (Å²) in [6.07, 6.45) is 3.94. The zero-order valence-corrected chi connectivity index (χ0v) is 16.1. The highest BCUT2D eigenvalue weighted by molar-refractivity contribution is 6.35.